The van der Waals surface area contributed by atoms with Crippen molar-refractivity contribution in [1.29, 1.82) is 0 Å². The first-order chi connectivity index (χ1) is 11.6. The van der Waals surface area contributed by atoms with Crippen molar-refractivity contribution >= 4 is 21.9 Å². The molecule has 24 heavy (non-hydrogen) atoms. The molecule has 1 aliphatic rings. The molecular weight excluding hydrogens is 364 g/mol. The predicted octanol–water partition coefficient (Wildman–Crippen LogP) is 3.57. The quantitative estimate of drug-likeness (QED) is 0.586. The molecule has 128 valence electrons. The van der Waals surface area contributed by atoms with E-state index in [4.69, 9.17) is 4.99 Å². The number of nitrogens with zero attached hydrogens (tertiary/aromatic N) is 2. The first-order valence-corrected chi connectivity index (χ1v) is 9.30. The van der Waals surface area contributed by atoms with Crippen LogP contribution in [0.5, 0.6) is 0 Å². The maximum atomic E-state index is 4.71. The molecule has 1 saturated carbocycles. The molecule has 4 nitrogen and oxygen atoms in total. The molecule has 5 heteroatoms. The number of halogens is 1. The van der Waals surface area contributed by atoms with E-state index in [0.29, 0.717) is 6.54 Å². The number of rotatable bonds is 6. The van der Waals surface area contributed by atoms with E-state index in [2.05, 4.69) is 80.8 Å². The molecule has 1 aromatic heterocycles. The highest BCUT2D eigenvalue weighted by Crippen LogP contribution is 2.49. The Hall–Kier alpha value is -1.75. The number of hydrogen-bond acceptors (Lipinski definition) is 1. The number of aryl methyl sites for hydroxylation is 1. The summed E-state index contributed by atoms with van der Waals surface area (Å²) in [6.07, 6.45) is 6.61. The third-order valence-electron chi connectivity index (χ3n) is 4.55. The van der Waals surface area contributed by atoms with Crippen molar-refractivity contribution in [2.45, 2.75) is 31.7 Å². The van der Waals surface area contributed by atoms with E-state index in [1.165, 1.54) is 28.4 Å². The zero-order valence-electron chi connectivity index (χ0n) is 14.3. The van der Waals surface area contributed by atoms with E-state index < -0.39 is 0 Å². The van der Waals surface area contributed by atoms with E-state index in [1.807, 2.05) is 7.05 Å². The van der Waals surface area contributed by atoms with Crippen LogP contribution in [0.3, 0.4) is 0 Å². The second-order valence-corrected chi connectivity index (χ2v) is 7.35. The van der Waals surface area contributed by atoms with Crippen LogP contribution < -0.4 is 10.6 Å². The highest BCUT2D eigenvalue weighted by molar-refractivity contribution is 9.10. The fourth-order valence-electron chi connectivity index (χ4n) is 3.00. The fraction of sp³-hybridized carbons (Fsp3) is 0.421. The van der Waals surface area contributed by atoms with Gasteiger partial charge in [-0.25, -0.2) is 4.99 Å². The zero-order chi connectivity index (χ0) is 17.0. The third-order valence-corrected chi connectivity index (χ3v) is 5.24. The van der Waals surface area contributed by atoms with Crippen LogP contribution in [0.2, 0.25) is 0 Å². The van der Waals surface area contributed by atoms with E-state index in [9.17, 15) is 0 Å². The molecule has 0 spiro atoms. The molecule has 0 amide bonds. The van der Waals surface area contributed by atoms with Crippen LogP contribution in [0.1, 0.15) is 30.9 Å². The lowest BCUT2D eigenvalue weighted by Crippen LogP contribution is -2.41. The molecule has 1 heterocycles. The molecule has 2 aromatic rings. The van der Waals surface area contributed by atoms with Crippen LogP contribution in [0, 0.1) is 0 Å². The first kappa shape index (κ1) is 17.1. The minimum atomic E-state index is 0.239. The Labute approximate surface area is 152 Å². The second-order valence-electron chi connectivity index (χ2n) is 6.49. The summed E-state index contributed by atoms with van der Waals surface area (Å²) in [5.41, 5.74) is 2.86. The van der Waals surface area contributed by atoms with Crippen LogP contribution >= 0.6 is 15.9 Å². The number of guanidine groups is 1. The maximum Gasteiger partial charge on any atom is 0.191 e. The lowest BCUT2D eigenvalue weighted by atomic mass is 9.96. The molecule has 1 fully saturated rings. The van der Waals surface area contributed by atoms with Crippen molar-refractivity contribution < 1.29 is 0 Å². The molecule has 3 rings (SSSR count). The summed E-state index contributed by atoms with van der Waals surface area (Å²) in [5.74, 6) is 0.889. The van der Waals surface area contributed by atoms with E-state index >= 15 is 0 Å². The van der Waals surface area contributed by atoms with Crippen molar-refractivity contribution in [2.24, 2.45) is 12.0 Å². The average Bonchev–Trinajstić information content (AvgIpc) is 3.25. The smallest absolute Gasteiger partial charge is 0.191 e. The van der Waals surface area contributed by atoms with Gasteiger partial charge in [0.25, 0.3) is 0 Å². The number of hydrogen-bond donors (Lipinski definition) is 2. The van der Waals surface area contributed by atoms with Gasteiger partial charge in [0.05, 0.1) is 6.54 Å². The van der Waals surface area contributed by atoms with Gasteiger partial charge in [0.15, 0.2) is 5.96 Å². The van der Waals surface area contributed by atoms with Crippen molar-refractivity contribution in [2.75, 3.05) is 13.1 Å². The largest absolute Gasteiger partial charge is 0.357 e. The van der Waals surface area contributed by atoms with Gasteiger partial charge in [-0.2, -0.15) is 0 Å². The Morgan fingerprint density at radius 1 is 1.25 bits per heavy atom. The summed E-state index contributed by atoms with van der Waals surface area (Å²) in [6.45, 7) is 4.57. The highest BCUT2D eigenvalue weighted by atomic mass is 79.9. The Morgan fingerprint density at radius 2 is 2.04 bits per heavy atom. The zero-order valence-corrected chi connectivity index (χ0v) is 15.9. The van der Waals surface area contributed by atoms with Gasteiger partial charge in [-0.3, -0.25) is 0 Å². The van der Waals surface area contributed by atoms with Crippen molar-refractivity contribution in [3.63, 3.8) is 0 Å². The van der Waals surface area contributed by atoms with E-state index in [1.54, 1.807) is 0 Å². The number of aliphatic imine (C=N–C) groups is 1. The summed E-state index contributed by atoms with van der Waals surface area (Å²) in [7, 11) is 2.03. The normalized spacial score (nSPS) is 16.0. The Balaban J connectivity index is 1.65. The molecule has 0 bridgehead atoms. The van der Waals surface area contributed by atoms with Crippen LogP contribution in [-0.4, -0.2) is 23.6 Å². The summed E-state index contributed by atoms with van der Waals surface area (Å²) in [4.78, 5) is 4.71. The van der Waals surface area contributed by atoms with Gasteiger partial charge in [0, 0.05) is 42.4 Å². The molecule has 1 aliphatic carbocycles. The van der Waals surface area contributed by atoms with E-state index in [0.717, 1.165) is 19.0 Å². The second kappa shape index (κ2) is 7.43. The van der Waals surface area contributed by atoms with Crippen molar-refractivity contribution in [1.82, 2.24) is 15.2 Å². The van der Waals surface area contributed by atoms with Gasteiger partial charge in [-0.15, -0.1) is 0 Å². The molecule has 0 saturated heterocycles. The van der Waals surface area contributed by atoms with E-state index in [-0.39, 0.29) is 5.41 Å². The minimum Gasteiger partial charge on any atom is -0.357 e. The molecule has 1 aromatic carbocycles. The maximum absolute atomic E-state index is 4.71. The summed E-state index contributed by atoms with van der Waals surface area (Å²) in [5, 5.41) is 6.88. The van der Waals surface area contributed by atoms with Gasteiger partial charge in [-0.05, 0) is 43.0 Å². The lowest BCUT2D eigenvalue weighted by molar-refractivity contribution is 0.643. The number of nitrogens with one attached hydrogen (secondary N) is 2. The Morgan fingerprint density at radius 3 is 2.67 bits per heavy atom. The average molecular weight is 389 g/mol. The van der Waals surface area contributed by atoms with Gasteiger partial charge in [0.1, 0.15) is 0 Å². The molecule has 0 aliphatic heterocycles. The Bertz CT molecular complexity index is 716. The SMILES string of the molecule is CCNC(=NCc1ccn(C)c1)NCC1(c2ccccc2Br)CC1. The molecule has 0 radical (unpaired) electrons. The minimum absolute atomic E-state index is 0.239. The highest BCUT2D eigenvalue weighted by Gasteiger charge is 2.45. The van der Waals surface area contributed by atoms with Gasteiger partial charge in [0.2, 0.25) is 0 Å². The number of aromatic nitrogens is 1. The Kier molecular flexibility index (Phi) is 5.29. The van der Waals surface area contributed by atoms with Crippen molar-refractivity contribution in [3.05, 3.63) is 58.3 Å². The monoisotopic (exact) mass is 388 g/mol. The predicted molar refractivity (Wildman–Crippen MR) is 103 cm³/mol. The van der Waals surface area contributed by atoms with Gasteiger partial charge in [-0.1, -0.05) is 34.1 Å². The molecule has 2 N–H and O–H groups in total. The van der Waals surface area contributed by atoms with Crippen molar-refractivity contribution in [3.8, 4) is 0 Å². The third kappa shape index (κ3) is 4.01. The molecule has 0 atom stereocenters. The van der Waals surface area contributed by atoms with Crippen LogP contribution in [0.15, 0.2) is 52.2 Å². The lowest BCUT2D eigenvalue weighted by Gasteiger charge is -2.20. The topological polar surface area (TPSA) is 41.4 Å². The van der Waals surface area contributed by atoms with Gasteiger partial charge < -0.3 is 15.2 Å². The summed E-state index contributed by atoms with van der Waals surface area (Å²) < 4.78 is 3.26. The number of benzene rings is 1. The van der Waals surface area contributed by atoms with Crippen LogP contribution in [-0.2, 0) is 19.0 Å². The fourth-order valence-corrected chi connectivity index (χ4v) is 3.71. The van der Waals surface area contributed by atoms with Gasteiger partial charge >= 0.3 is 0 Å². The standard InChI is InChI=1S/C19H25BrN4/c1-3-21-18(22-12-15-8-11-24(2)13-15)23-14-19(9-10-19)16-6-4-5-7-17(16)20/h4-8,11,13H,3,9-10,12,14H2,1-2H3,(H2,21,22,23). The summed E-state index contributed by atoms with van der Waals surface area (Å²) >= 11 is 3.70. The summed E-state index contributed by atoms with van der Waals surface area (Å²) in [6, 6.07) is 10.7. The molecule has 0 unspecified atom stereocenters. The first-order valence-electron chi connectivity index (χ1n) is 8.51. The van der Waals surface area contributed by atoms with Crippen LogP contribution in [0.4, 0.5) is 0 Å². The molecular formula is C19H25BrN4. The van der Waals surface area contributed by atoms with Crippen LogP contribution in [0.25, 0.3) is 0 Å².